The first kappa shape index (κ1) is 12.4. The van der Waals surface area contributed by atoms with E-state index >= 15 is 0 Å². The lowest BCUT2D eigenvalue weighted by Crippen LogP contribution is -2.18. The maximum Gasteiger partial charge on any atom is 0.118 e. The van der Waals surface area contributed by atoms with Gasteiger partial charge in [0.05, 0.1) is 26.4 Å². The molecule has 0 spiro atoms. The number of hydrogen-bond donors (Lipinski definition) is 1. The van der Waals surface area contributed by atoms with Gasteiger partial charge in [0.25, 0.3) is 0 Å². The van der Waals surface area contributed by atoms with Gasteiger partial charge in [0.2, 0.25) is 0 Å². The van der Waals surface area contributed by atoms with Gasteiger partial charge in [0.1, 0.15) is 18.0 Å². The number of ether oxygens (including phenoxy) is 3. The van der Waals surface area contributed by atoms with E-state index < -0.39 is 0 Å². The van der Waals surface area contributed by atoms with Crippen LogP contribution in [0.3, 0.4) is 0 Å². The van der Waals surface area contributed by atoms with Crippen LogP contribution in [0.4, 0.5) is 0 Å². The van der Waals surface area contributed by atoms with Gasteiger partial charge in [0, 0.05) is 0 Å². The van der Waals surface area contributed by atoms with E-state index in [2.05, 4.69) is 0 Å². The van der Waals surface area contributed by atoms with Gasteiger partial charge in [-0.2, -0.15) is 0 Å². The molecule has 0 aromatic heterocycles. The van der Waals surface area contributed by atoms with Crippen molar-refractivity contribution in [3.63, 3.8) is 0 Å². The Morgan fingerprint density at radius 1 is 1.35 bits per heavy atom. The summed E-state index contributed by atoms with van der Waals surface area (Å²) in [6.07, 6.45) is 0.00775. The number of hydrogen-bond acceptors (Lipinski definition) is 4. The van der Waals surface area contributed by atoms with Crippen molar-refractivity contribution in [2.75, 3.05) is 13.7 Å². The molecule has 1 N–H and O–H groups in total. The average molecular weight is 238 g/mol. The summed E-state index contributed by atoms with van der Waals surface area (Å²) >= 11 is 0. The van der Waals surface area contributed by atoms with Crippen LogP contribution in [0.2, 0.25) is 0 Å². The molecule has 1 fully saturated rings. The molecule has 1 saturated heterocycles. The molecular weight excluding hydrogens is 220 g/mol. The number of rotatable bonds is 6. The largest absolute Gasteiger partial charge is 0.497 e. The Kier molecular flexibility index (Phi) is 3.99. The summed E-state index contributed by atoms with van der Waals surface area (Å²) < 4.78 is 16.0. The quantitative estimate of drug-likeness (QED) is 0.760. The van der Waals surface area contributed by atoms with Crippen LogP contribution >= 0.6 is 0 Å². The topological polar surface area (TPSA) is 51.2 Å². The molecule has 1 aromatic rings. The van der Waals surface area contributed by atoms with Gasteiger partial charge in [-0.15, -0.1) is 0 Å². The van der Waals surface area contributed by atoms with Crippen molar-refractivity contribution in [2.24, 2.45) is 0 Å². The smallest absolute Gasteiger partial charge is 0.118 e. The molecule has 17 heavy (non-hydrogen) atoms. The van der Waals surface area contributed by atoms with E-state index in [1.165, 1.54) is 0 Å². The molecule has 0 saturated carbocycles. The molecule has 4 nitrogen and oxygen atoms in total. The summed E-state index contributed by atoms with van der Waals surface area (Å²) in [6, 6.07) is 7.77. The Hall–Kier alpha value is -1.10. The Labute approximate surface area is 101 Å². The first-order chi connectivity index (χ1) is 8.24. The van der Waals surface area contributed by atoms with Gasteiger partial charge in [-0.3, -0.25) is 0 Å². The summed E-state index contributed by atoms with van der Waals surface area (Å²) in [5, 5.41) is 8.87. The van der Waals surface area contributed by atoms with E-state index in [0.29, 0.717) is 6.61 Å². The highest BCUT2D eigenvalue weighted by Gasteiger charge is 2.42. The summed E-state index contributed by atoms with van der Waals surface area (Å²) in [5.74, 6) is 0.840. The fourth-order valence-corrected chi connectivity index (χ4v) is 1.76. The number of benzene rings is 1. The van der Waals surface area contributed by atoms with Gasteiger partial charge in [-0.25, -0.2) is 0 Å². The first-order valence-electron chi connectivity index (χ1n) is 5.75. The molecular formula is C13H18O4. The number of aliphatic hydroxyl groups is 1. The van der Waals surface area contributed by atoms with Crippen LogP contribution in [-0.4, -0.2) is 37.1 Å². The number of epoxide rings is 1. The minimum Gasteiger partial charge on any atom is -0.497 e. The molecule has 0 unspecified atom stereocenters. The van der Waals surface area contributed by atoms with Gasteiger partial charge in [0.15, 0.2) is 0 Å². The lowest BCUT2D eigenvalue weighted by molar-refractivity contribution is 0.0339. The third kappa shape index (κ3) is 3.19. The molecule has 0 aliphatic carbocycles. The van der Waals surface area contributed by atoms with E-state index in [0.717, 1.165) is 11.3 Å². The van der Waals surface area contributed by atoms with Crippen molar-refractivity contribution in [3.05, 3.63) is 29.8 Å². The minimum absolute atomic E-state index is 0.00857. The Balaban J connectivity index is 1.77. The van der Waals surface area contributed by atoms with E-state index in [4.69, 9.17) is 19.3 Å². The van der Waals surface area contributed by atoms with E-state index in [1.807, 2.05) is 31.2 Å². The first-order valence-corrected chi connectivity index (χ1v) is 5.75. The Morgan fingerprint density at radius 2 is 2.06 bits per heavy atom. The van der Waals surface area contributed by atoms with Crippen molar-refractivity contribution in [1.29, 1.82) is 0 Å². The average Bonchev–Trinajstić information content (AvgIpc) is 3.16. The van der Waals surface area contributed by atoms with Crippen LogP contribution in [0.25, 0.3) is 0 Å². The van der Waals surface area contributed by atoms with Crippen molar-refractivity contribution in [1.82, 2.24) is 0 Å². The predicted octanol–water partition coefficient (Wildman–Crippen LogP) is 1.36. The lowest BCUT2D eigenvalue weighted by atomic mass is 10.2. The number of aliphatic hydroxyl groups excluding tert-OH is 1. The highest BCUT2D eigenvalue weighted by Crippen LogP contribution is 2.27. The monoisotopic (exact) mass is 238 g/mol. The third-order valence-corrected chi connectivity index (χ3v) is 2.94. The van der Waals surface area contributed by atoms with Crippen molar-refractivity contribution in [2.45, 2.75) is 31.8 Å². The van der Waals surface area contributed by atoms with Crippen molar-refractivity contribution in [3.8, 4) is 5.75 Å². The third-order valence-electron chi connectivity index (χ3n) is 2.94. The van der Waals surface area contributed by atoms with E-state index in [1.54, 1.807) is 7.11 Å². The van der Waals surface area contributed by atoms with Crippen LogP contribution in [0.5, 0.6) is 5.75 Å². The molecule has 94 valence electrons. The van der Waals surface area contributed by atoms with Crippen molar-refractivity contribution < 1.29 is 19.3 Å². The molecule has 4 heteroatoms. The van der Waals surface area contributed by atoms with Gasteiger partial charge >= 0.3 is 0 Å². The highest BCUT2D eigenvalue weighted by atomic mass is 16.6. The standard InChI is InChI=1S/C13H18O4/c1-9(13-12(7-14)17-13)16-8-10-3-5-11(15-2)6-4-10/h3-6,9,12-14H,7-8H2,1-2H3/t9-,12-,13+/m0/s1. The SMILES string of the molecule is COc1ccc(CO[C@@H](C)[C@H]2O[C@H]2CO)cc1. The highest BCUT2D eigenvalue weighted by molar-refractivity contribution is 5.26. The zero-order valence-corrected chi connectivity index (χ0v) is 10.1. The van der Waals surface area contributed by atoms with E-state index in [-0.39, 0.29) is 24.9 Å². The molecule has 3 atom stereocenters. The lowest BCUT2D eigenvalue weighted by Gasteiger charge is -2.10. The molecule has 0 radical (unpaired) electrons. The van der Waals surface area contributed by atoms with Crippen LogP contribution in [0.1, 0.15) is 12.5 Å². The normalized spacial score (nSPS) is 24.4. The second-order valence-electron chi connectivity index (χ2n) is 4.19. The Morgan fingerprint density at radius 3 is 2.59 bits per heavy atom. The van der Waals surface area contributed by atoms with Gasteiger partial charge in [-0.05, 0) is 24.6 Å². The maximum absolute atomic E-state index is 8.87. The second-order valence-corrected chi connectivity index (χ2v) is 4.19. The summed E-state index contributed by atoms with van der Waals surface area (Å²) in [7, 11) is 1.65. The fraction of sp³-hybridized carbons (Fsp3) is 0.538. The zero-order chi connectivity index (χ0) is 12.3. The van der Waals surface area contributed by atoms with Crippen LogP contribution in [0.15, 0.2) is 24.3 Å². The molecule has 0 bridgehead atoms. The maximum atomic E-state index is 8.87. The molecule has 1 aliphatic rings. The van der Waals surface area contributed by atoms with Gasteiger partial charge < -0.3 is 19.3 Å². The fourth-order valence-electron chi connectivity index (χ4n) is 1.76. The zero-order valence-electron chi connectivity index (χ0n) is 10.1. The molecule has 2 rings (SSSR count). The van der Waals surface area contributed by atoms with Crippen LogP contribution < -0.4 is 4.74 Å². The van der Waals surface area contributed by atoms with Crippen LogP contribution in [0, 0.1) is 0 Å². The molecule has 0 amide bonds. The molecule has 1 aliphatic heterocycles. The molecule has 1 heterocycles. The summed E-state index contributed by atoms with van der Waals surface area (Å²) in [6.45, 7) is 2.58. The second kappa shape index (κ2) is 5.49. The van der Waals surface area contributed by atoms with Gasteiger partial charge in [-0.1, -0.05) is 12.1 Å². The van der Waals surface area contributed by atoms with Crippen molar-refractivity contribution >= 4 is 0 Å². The minimum atomic E-state index is -0.0409. The number of methoxy groups -OCH3 is 1. The predicted molar refractivity (Wildman–Crippen MR) is 63.0 cm³/mol. The molecule has 1 aromatic carbocycles. The Bertz CT molecular complexity index is 349. The van der Waals surface area contributed by atoms with Crippen LogP contribution in [-0.2, 0) is 16.1 Å². The summed E-state index contributed by atoms with van der Waals surface area (Å²) in [4.78, 5) is 0. The van der Waals surface area contributed by atoms with E-state index in [9.17, 15) is 0 Å². The summed E-state index contributed by atoms with van der Waals surface area (Å²) in [5.41, 5.74) is 1.10.